The van der Waals surface area contributed by atoms with Crippen molar-refractivity contribution in [1.29, 1.82) is 5.26 Å². The molecule has 1 aliphatic heterocycles. The van der Waals surface area contributed by atoms with Gasteiger partial charge in [-0.1, -0.05) is 6.07 Å². The molecule has 0 aliphatic carbocycles. The molecule has 7 heteroatoms. The van der Waals surface area contributed by atoms with Crippen LogP contribution in [0.2, 0.25) is 0 Å². The largest absolute Gasteiger partial charge is 0.439 e. The number of anilines is 1. The van der Waals surface area contributed by atoms with Crippen LogP contribution in [-0.2, 0) is 11.3 Å². The van der Waals surface area contributed by atoms with E-state index in [4.69, 9.17) is 19.8 Å². The van der Waals surface area contributed by atoms with Crippen LogP contribution in [0.4, 0.5) is 5.82 Å². The molecule has 0 radical (unpaired) electrons. The third-order valence-corrected chi connectivity index (χ3v) is 3.31. The van der Waals surface area contributed by atoms with E-state index in [0.29, 0.717) is 43.6 Å². The summed E-state index contributed by atoms with van der Waals surface area (Å²) in [7, 11) is 0.639. The van der Waals surface area contributed by atoms with E-state index in [9.17, 15) is 0 Å². The minimum atomic E-state index is -0.0392. The standard InChI is InChI=1S/C15H14BN3O3/c17-8-10-1-4-14(19-15(10)18-5-6-20)22-12-2-3-13-11(7-12)9-21-16-13/h1-4,7,16,20H,5-6,9H2,(H,18,19). The van der Waals surface area contributed by atoms with Crippen molar-refractivity contribution >= 4 is 18.8 Å². The smallest absolute Gasteiger partial charge is 0.309 e. The highest BCUT2D eigenvalue weighted by atomic mass is 16.5. The zero-order valence-electron chi connectivity index (χ0n) is 11.9. The molecule has 0 unspecified atom stereocenters. The number of fused-ring (bicyclic) bond motifs is 1. The van der Waals surface area contributed by atoms with Gasteiger partial charge in [-0.2, -0.15) is 10.2 Å². The van der Waals surface area contributed by atoms with E-state index in [1.54, 1.807) is 12.1 Å². The number of nitrogens with zero attached hydrogens (tertiary/aromatic N) is 2. The molecule has 0 atom stereocenters. The Balaban J connectivity index is 1.81. The first-order valence-electron chi connectivity index (χ1n) is 6.93. The molecule has 2 aromatic rings. The monoisotopic (exact) mass is 295 g/mol. The van der Waals surface area contributed by atoms with Gasteiger partial charge in [0.15, 0.2) is 0 Å². The van der Waals surface area contributed by atoms with Gasteiger partial charge in [0.05, 0.1) is 18.8 Å². The molecule has 2 heterocycles. The summed E-state index contributed by atoms with van der Waals surface area (Å²) in [6.07, 6.45) is 0. The van der Waals surface area contributed by atoms with E-state index in [1.807, 2.05) is 18.2 Å². The number of pyridine rings is 1. The van der Waals surface area contributed by atoms with Gasteiger partial charge in [0.1, 0.15) is 17.6 Å². The number of nitrogens with one attached hydrogen (secondary N) is 1. The van der Waals surface area contributed by atoms with Crippen LogP contribution < -0.4 is 15.5 Å². The van der Waals surface area contributed by atoms with Crippen LogP contribution in [0.15, 0.2) is 30.3 Å². The van der Waals surface area contributed by atoms with Gasteiger partial charge in [-0.25, -0.2) is 0 Å². The lowest BCUT2D eigenvalue weighted by Crippen LogP contribution is -2.10. The number of aliphatic hydroxyl groups excluding tert-OH is 1. The Bertz CT molecular complexity index is 730. The molecular formula is C15H14BN3O3. The second-order valence-electron chi connectivity index (χ2n) is 4.83. The quantitative estimate of drug-likeness (QED) is 0.788. The van der Waals surface area contributed by atoms with Crippen molar-refractivity contribution in [3.05, 3.63) is 41.5 Å². The van der Waals surface area contributed by atoms with Crippen molar-refractivity contribution in [3.63, 3.8) is 0 Å². The fraction of sp³-hybridized carbons (Fsp3) is 0.200. The Morgan fingerprint density at radius 3 is 3.14 bits per heavy atom. The summed E-state index contributed by atoms with van der Waals surface area (Å²) in [6.45, 7) is 0.875. The van der Waals surface area contributed by atoms with E-state index in [0.717, 1.165) is 5.56 Å². The van der Waals surface area contributed by atoms with Crippen LogP contribution in [0.25, 0.3) is 0 Å². The van der Waals surface area contributed by atoms with Crippen molar-refractivity contribution in [3.8, 4) is 17.7 Å². The van der Waals surface area contributed by atoms with Crippen LogP contribution >= 0.6 is 0 Å². The summed E-state index contributed by atoms with van der Waals surface area (Å²) in [6, 6.07) is 11.1. The summed E-state index contributed by atoms with van der Waals surface area (Å²) < 4.78 is 11.1. The molecule has 3 rings (SSSR count). The molecule has 0 saturated heterocycles. The number of ether oxygens (including phenoxy) is 1. The molecule has 0 amide bonds. The second kappa shape index (κ2) is 6.47. The number of aliphatic hydroxyl groups is 1. The van der Waals surface area contributed by atoms with Crippen molar-refractivity contribution in [2.45, 2.75) is 6.61 Å². The highest BCUT2D eigenvalue weighted by Crippen LogP contribution is 2.24. The van der Waals surface area contributed by atoms with Gasteiger partial charge in [-0.3, -0.25) is 0 Å². The third-order valence-electron chi connectivity index (χ3n) is 3.31. The molecule has 0 spiro atoms. The second-order valence-corrected chi connectivity index (χ2v) is 4.83. The van der Waals surface area contributed by atoms with E-state index in [2.05, 4.69) is 16.4 Å². The molecule has 6 nitrogen and oxygen atoms in total. The predicted octanol–water partition coefficient (Wildman–Crippen LogP) is 0.657. The van der Waals surface area contributed by atoms with Crippen LogP contribution in [-0.4, -0.2) is 30.7 Å². The Hall–Kier alpha value is -2.56. The Labute approximate surface area is 128 Å². The fourth-order valence-corrected chi connectivity index (χ4v) is 2.23. The molecule has 0 fully saturated rings. The molecule has 0 bridgehead atoms. The first-order chi connectivity index (χ1) is 10.8. The van der Waals surface area contributed by atoms with Gasteiger partial charge in [-0.15, -0.1) is 0 Å². The van der Waals surface area contributed by atoms with E-state index in [1.165, 1.54) is 5.46 Å². The van der Waals surface area contributed by atoms with Crippen molar-refractivity contribution < 1.29 is 14.5 Å². The van der Waals surface area contributed by atoms with Gasteiger partial charge < -0.3 is 19.8 Å². The van der Waals surface area contributed by atoms with Crippen LogP contribution in [0.3, 0.4) is 0 Å². The zero-order chi connectivity index (χ0) is 15.4. The molecular weight excluding hydrogens is 281 g/mol. The molecule has 1 aliphatic rings. The van der Waals surface area contributed by atoms with Gasteiger partial charge in [0, 0.05) is 12.6 Å². The topological polar surface area (TPSA) is 87.4 Å². The molecule has 1 aromatic heterocycles. The average Bonchev–Trinajstić information content (AvgIpc) is 3.00. The van der Waals surface area contributed by atoms with Crippen LogP contribution in [0.5, 0.6) is 11.6 Å². The minimum Gasteiger partial charge on any atom is -0.439 e. The number of nitriles is 1. The van der Waals surface area contributed by atoms with E-state index in [-0.39, 0.29) is 6.61 Å². The Morgan fingerprint density at radius 2 is 2.32 bits per heavy atom. The maximum Gasteiger partial charge on any atom is 0.309 e. The van der Waals surface area contributed by atoms with E-state index < -0.39 is 0 Å². The van der Waals surface area contributed by atoms with Crippen LogP contribution in [0.1, 0.15) is 11.1 Å². The summed E-state index contributed by atoms with van der Waals surface area (Å²) in [4.78, 5) is 4.27. The predicted molar refractivity (Wildman–Crippen MR) is 82.6 cm³/mol. The minimum absolute atomic E-state index is 0.0392. The molecule has 22 heavy (non-hydrogen) atoms. The summed E-state index contributed by atoms with van der Waals surface area (Å²) in [5.41, 5.74) is 2.69. The number of rotatable bonds is 5. The summed E-state index contributed by atoms with van der Waals surface area (Å²) >= 11 is 0. The fourth-order valence-electron chi connectivity index (χ4n) is 2.23. The summed E-state index contributed by atoms with van der Waals surface area (Å²) in [5.74, 6) is 1.46. The zero-order valence-corrected chi connectivity index (χ0v) is 11.9. The first kappa shape index (κ1) is 14.4. The van der Waals surface area contributed by atoms with Gasteiger partial charge in [0.2, 0.25) is 5.88 Å². The maximum absolute atomic E-state index is 9.06. The van der Waals surface area contributed by atoms with Crippen molar-refractivity contribution in [2.75, 3.05) is 18.5 Å². The molecule has 110 valence electrons. The van der Waals surface area contributed by atoms with E-state index >= 15 is 0 Å². The average molecular weight is 295 g/mol. The number of hydrogen-bond donors (Lipinski definition) is 2. The first-order valence-corrected chi connectivity index (χ1v) is 6.93. The van der Waals surface area contributed by atoms with Gasteiger partial charge in [0.25, 0.3) is 0 Å². The normalized spacial score (nSPS) is 12.2. The SMILES string of the molecule is N#Cc1ccc(Oc2ccc3c(c2)COB3)nc1NCCO. The molecule has 0 saturated carbocycles. The maximum atomic E-state index is 9.06. The Morgan fingerprint density at radius 1 is 1.41 bits per heavy atom. The van der Waals surface area contributed by atoms with Crippen LogP contribution in [0, 0.1) is 11.3 Å². The highest BCUT2D eigenvalue weighted by Gasteiger charge is 2.14. The number of benzene rings is 1. The number of hydrogen-bond acceptors (Lipinski definition) is 6. The lowest BCUT2D eigenvalue weighted by atomic mass is 9.87. The van der Waals surface area contributed by atoms with Gasteiger partial charge >= 0.3 is 7.48 Å². The van der Waals surface area contributed by atoms with Gasteiger partial charge in [-0.05, 0) is 29.2 Å². The molecule has 2 N–H and O–H groups in total. The molecule has 1 aromatic carbocycles. The highest BCUT2D eigenvalue weighted by molar-refractivity contribution is 6.48. The Kier molecular flexibility index (Phi) is 4.23. The lowest BCUT2D eigenvalue weighted by Gasteiger charge is -2.10. The lowest BCUT2D eigenvalue weighted by molar-refractivity contribution is 0.311. The number of aromatic nitrogens is 1. The third kappa shape index (κ3) is 3.03. The van der Waals surface area contributed by atoms with Crippen molar-refractivity contribution in [2.24, 2.45) is 0 Å². The summed E-state index contributed by atoms with van der Waals surface area (Å²) in [5, 5.41) is 20.8. The van der Waals surface area contributed by atoms with Crippen molar-refractivity contribution in [1.82, 2.24) is 4.98 Å².